The minimum atomic E-state index is -4.17. The molecule has 1 unspecified atom stereocenters. The van der Waals surface area contributed by atoms with Gasteiger partial charge in [0.1, 0.15) is 18.3 Å². The van der Waals surface area contributed by atoms with E-state index in [4.69, 9.17) is 4.74 Å². The number of rotatable bonds is 11. The van der Waals surface area contributed by atoms with Crippen LogP contribution in [0.25, 0.3) is 0 Å². The third-order valence-corrected chi connectivity index (χ3v) is 8.02. The number of ether oxygens (including phenoxy) is 1. The summed E-state index contributed by atoms with van der Waals surface area (Å²) in [6, 6.07) is 19.8. The number of amides is 2. The summed E-state index contributed by atoms with van der Waals surface area (Å²) in [5.41, 5.74) is 2.88. The molecule has 3 aromatic carbocycles. The van der Waals surface area contributed by atoms with Crippen LogP contribution in [0.3, 0.4) is 0 Å². The molecule has 2 amide bonds. The van der Waals surface area contributed by atoms with Gasteiger partial charge in [-0.15, -0.1) is 0 Å². The van der Waals surface area contributed by atoms with E-state index in [2.05, 4.69) is 5.32 Å². The van der Waals surface area contributed by atoms with Gasteiger partial charge in [0, 0.05) is 12.6 Å². The quantitative estimate of drug-likeness (QED) is 0.380. The van der Waals surface area contributed by atoms with Gasteiger partial charge in [-0.25, -0.2) is 8.42 Å². The van der Waals surface area contributed by atoms with Crippen molar-refractivity contribution in [1.29, 1.82) is 0 Å². The second kappa shape index (κ2) is 12.8. The number of benzene rings is 3. The van der Waals surface area contributed by atoms with E-state index in [1.165, 1.54) is 24.1 Å². The Morgan fingerprint density at radius 1 is 0.897 bits per heavy atom. The van der Waals surface area contributed by atoms with Crippen molar-refractivity contribution >= 4 is 27.5 Å². The Labute approximate surface area is 231 Å². The molecule has 0 aliphatic carbocycles. The Hall–Kier alpha value is -3.85. The highest BCUT2D eigenvalue weighted by Crippen LogP contribution is 2.33. The highest BCUT2D eigenvalue weighted by Gasteiger charge is 2.34. The van der Waals surface area contributed by atoms with Crippen LogP contribution >= 0.6 is 0 Å². The Bertz CT molecular complexity index is 1410. The first-order chi connectivity index (χ1) is 18.4. The third-order valence-electron chi connectivity index (χ3n) is 6.25. The van der Waals surface area contributed by atoms with Gasteiger partial charge in [0.15, 0.2) is 0 Å². The lowest BCUT2D eigenvalue weighted by Crippen LogP contribution is -2.52. The van der Waals surface area contributed by atoms with Gasteiger partial charge in [-0.2, -0.15) is 0 Å². The Balaban J connectivity index is 2.09. The SMILES string of the molecule is COc1ccc(C)cc1N(CC(=O)N(Cc1cccc(C)c1)C(C)C(=O)NC(C)C)S(=O)(=O)c1ccccc1. The lowest BCUT2D eigenvalue weighted by molar-refractivity contribution is -0.139. The summed E-state index contributed by atoms with van der Waals surface area (Å²) < 4.78 is 34.4. The van der Waals surface area contributed by atoms with Gasteiger partial charge in [0.2, 0.25) is 11.8 Å². The summed E-state index contributed by atoms with van der Waals surface area (Å²) in [6.07, 6.45) is 0. The Morgan fingerprint density at radius 2 is 1.56 bits per heavy atom. The molecule has 0 aliphatic heterocycles. The first kappa shape index (κ1) is 29.7. The number of hydrogen-bond acceptors (Lipinski definition) is 5. The number of nitrogens with one attached hydrogen (secondary N) is 1. The molecular formula is C30H37N3O5S. The van der Waals surface area contributed by atoms with Gasteiger partial charge in [-0.1, -0.05) is 54.1 Å². The number of aryl methyl sites for hydroxylation is 2. The van der Waals surface area contributed by atoms with Gasteiger partial charge < -0.3 is 15.0 Å². The average molecular weight is 552 g/mol. The van der Waals surface area contributed by atoms with Crippen molar-refractivity contribution < 1.29 is 22.7 Å². The molecule has 0 spiro atoms. The van der Waals surface area contributed by atoms with E-state index in [1.54, 1.807) is 43.3 Å². The summed E-state index contributed by atoms with van der Waals surface area (Å²) in [7, 11) is -2.72. The molecule has 1 N–H and O–H groups in total. The average Bonchev–Trinajstić information content (AvgIpc) is 2.90. The van der Waals surface area contributed by atoms with E-state index in [-0.39, 0.29) is 29.1 Å². The molecule has 0 saturated heterocycles. The second-order valence-electron chi connectivity index (χ2n) is 9.85. The molecule has 1 atom stereocenters. The fourth-order valence-electron chi connectivity index (χ4n) is 4.22. The topological polar surface area (TPSA) is 96.0 Å². The summed E-state index contributed by atoms with van der Waals surface area (Å²) in [4.78, 5) is 28.5. The maximum absolute atomic E-state index is 14.0. The van der Waals surface area contributed by atoms with Crippen molar-refractivity contribution in [3.8, 4) is 5.75 Å². The predicted molar refractivity (Wildman–Crippen MR) is 153 cm³/mol. The molecule has 208 valence electrons. The monoisotopic (exact) mass is 551 g/mol. The van der Waals surface area contributed by atoms with E-state index >= 15 is 0 Å². The molecule has 9 heteroatoms. The number of anilines is 1. The first-order valence-corrected chi connectivity index (χ1v) is 14.3. The summed E-state index contributed by atoms with van der Waals surface area (Å²) in [5.74, 6) is -0.536. The minimum Gasteiger partial charge on any atom is -0.495 e. The standard InChI is InChI=1S/C30H37N3O5S/c1-21(2)31-30(35)24(5)32(19-25-12-10-11-22(3)17-25)29(34)20-33(27-18-23(4)15-16-28(27)38-6)39(36,37)26-13-8-7-9-14-26/h7-18,21,24H,19-20H2,1-6H3,(H,31,35). The predicted octanol–water partition coefficient (Wildman–Crippen LogP) is 4.45. The van der Waals surface area contributed by atoms with Crippen molar-refractivity contribution in [2.75, 3.05) is 18.0 Å². The van der Waals surface area contributed by atoms with Crippen LogP contribution in [0.5, 0.6) is 5.75 Å². The third kappa shape index (κ3) is 7.38. The number of hydrogen-bond donors (Lipinski definition) is 1. The number of carbonyl (C=O) groups excluding carboxylic acids is 2. The number of methoxy groups -OCH3 is 1. The van der Waals surface area contributed by atoms with Crippen molar-refractivity contribution in [3.63, 3.8) is 0 Å². The summed E-state index contributed by atoms with van der Waals surface area (Å²) in [5, 5.41) is 2.86. The lowest BCUT2D eigenvalue weighted by Gasteiger charge is -2.32. The van der Waals surface area contributed by atoms with Crippen molar-refractivity contribution in [1.82, 2.24) is 10.2 Å². The molecule has 0 aromatic heterocycles. The summed E-state index contributed by atoms with van der Waals surface area (Å²) in [6.45, 7) is 8.72. The van der Waals surface area contributed by atoms with E-state index in [1.807, 2.05) is 52.0 Å². The molecule has 3 aromatic rings. The zero-order valence-electron chi connectivity index (χ0n) is 23.3. The Morgan fingerprint density at radius 3 is 2.18 bits per heavy atom. The minimum absolute atomic E-state index is 0.0391. The molecule has 0 saturated carbocycles. The largest absolute Gasteiger partial charge is 0.495 e. The van der Waals surface area contributed by atoms with Gasteiger partial charge in [0.25, 0.3) is 10.0 Å². The number of nitrogens with zero attached hydrogens (tertiary/aromatic N) is 2. The van der Waals surface area contributed by atoms with Crippen LogP contribution in [0.15, 0.2) is 77.7 Å². The first-order valence-electron chi connectivity index (χ1n) is 12.8. The molecule has 8 nitrogen and oxygen atoms in total. The van der Waals surface area contributed by atoms with Gasteiger partial charge in [-0.3, -0.25) is 13.9 Å². The normalized spacial score (nSPS) is 12.1. The molecule has 0 heterocycles. The van der Waals surface area contributed by atoms with Gasteiger partial charge >= 0.3 is 0 Å². The lowest BCUT2D eigenvalue weighted by atomic mass is 10.1. The van der Waals surface area contributed by atoms with E-state index in [0.29, 0.717) is 5.75 Å². The van der Waals surface area contributed by atoms with Crippen molar-refractivity contribution in [3.05, 3.63) is 89.5 Å². The van der Waals surface area contributed by atoms with Crippen LogP contribution in [-0.2, 0) is 26.2 Å². The molecule has 39 heavy (non-hydrogen) atoms. The van der Waals surface area contributed by atoms with Crippen LogP contribution in [-0.4, -0.2) is 50.9 Å². The van der Waals surface area contributed by atoms with Crippen LogP contribution in [0, 0.1) is 13.8 Å². The Kier molecular flexibility index (Phi) is 9.75. The van der Waals surface area contributed by atoms with Crippen LogP contribution in [0.4, 0.5) is 5.69 Å². The smallest absolute Gasteiger partial charge is 0.264 e. The number of sulfonamides is 1. The number of carbonyl (C=O) groups is 2. The molecule has 0 radical (unpaired) electrons. The van der Waals surface area contributed by atoms with Crippen LogP contribution < -0.4 is 14.4 Å². The van der Waals surface area contributed by atoms with E-state index in [0.717, 1.165) is 21.0 Å². The van der Waals surface area contributed by atoms with Crippen molar-refractivity contribution in [2.45, 2.75) is 58.1 Å². The fourth-order valence-corrected chi connectivity index (χ4v) is 5.66. The maximum Gasteiger partial charge on any atom is 0.264 e. The molecule has 0 aliphatic rings. The van der Waals surface area contributed by atoms with Crippen LogP contribution in [0.2, 0.25) is 0 Å². The highest BCUT2D eigenvalue weighted by atomic mass is 32.2. The molecular weight excluding hydrogens is 514 g/mol. The van der Waals surface area contributed by atoms with Gasteiger partial charge in [-0.05, 0) is 70.0 Å². The van der Waals surface area contributed by atoms with Gasteiger partial charge in [0.05, 0.1) is 17.7 Å². The zero-order chi connectivity index (χ0) is 28.7. The highest BCUT2D eigenvalue weighted by molar-refractivity contribution is 7.92. The molecule has 0 bridgehead atoms. The van der Waals surface area contributed by atoms with Crippen LogP contribution in [0.1, 0.15) is 37.5 Å². The fraction of sp³-hybridized carbons (Fsp3) is 0.333. The second-order valence-corrected chi connectivity index (χ2v) is 11.7. The summed E-state index contributed by atoms with van der Waals surface area (Å²) >= 11 is 0. The van der Waals surface area contributed by atoms with Crippen molar-refractivity contribution in [2.24, 2.45) is 0 Å². The van der Waals surface area contributed by atoms with E-state index < -0.39 is 28.5 Å². The zero-order valence-corrected chi connectivity index (χ0v) is 24.2. The molecule has 0 fully saturated rings. The van der Waals surface area contributed by atoms with E-state index in [9.17, 15) is 18.0 Å². The maximum atomic E-state index is 14.0. The molecule has 3 rings (SSSR count).